The van der Waals surface area contributed by atoms with Crippen LogP contribution in [0.4, 0.5) is 16.6 Å². The van der Waals surface area contributed by atoms with Crippen LogP contribution in [0.25, 0.3) is 0 Å². The van der Waals surface area contributed by atoms with E-state index in [4.69, 9.17) is 4.98 Å². The summed E-state index contributed by atoms with van der Waals surface area (Å²) in [4.78, 5) is 32.2. The van der Waals surface area contributed by atoms with Crippen LogP contribution in [-0.4, -0.2) is 51.9 Å². The fourth-order valence-corrected chi connectivity index (χ4v) is 4.60. The van der Waals surface area contributed by atoms with E-state index in [0.29, 0.717) is 0 Å². The number of benzene rings is 1. The molecule has 4 rings (SSSR count). The predicted octanol–water partition coefficient (Wildman–Crippen LogP) is 3.50. The van der Waals surface area contributed by atoms with Crippen molar-refractivity contribution in [1.82, 2.24) is 19.9 Å². The van der Waals surface area contributed by atoms with Gasteiger partial charge in [0.2, 0.25) is 5.91 Å². The number of rotatable bonds is 6. The molecule has 0 bridgehead atoms. The number of piperazine rings is 1. The van der Waals surface area contributed by atoms with Crippen LogP contribution in [0.15, 0.2) is 48.2 Å². The molecule has 0 spiro atoms. The number of carbonyl (C=O) groups is 1. The molecule has 8 heteroatoms. The van der Waals surface area contributed by atoms with E-state index >= 15 is 0 Å². The average Bonchev–Trinajstić information content (AvgIpc) is 3.23. The Morgan fingerprint density at radius 3 is 2.67 bits per heavy atom. The Morgan fingerprint density at radius 2 is 1.97 bits per heavy atom. The molecule has 7 nitrogen and oxygen atoms in total. The molecule has 0 saturated carbocycles. The first-order valence-electron chi connectivity index (χ1n) is 10.2. The summed E-state index contributed by atoms with van der Waals surface area (Å²) in [7, 11) is 0. The van der Waals surface area contributed by atoms with Crippen LogP contribution in [0.1, 0.15) is 25.1 Å². The van der Waals surface area contributed by atoms with Crippen molar-refractivity contribution in [2.75, 3.05) is 36.0 Å². The van der Waals surface area contributed by atoms with Crippen molar-refractivity contribution >= 4 is 33.9 Å². The summed E-state index contributed by atoms with van der Waals surface area (Å²) < 4.78 is 0. The number of thiazole rings is 1. The molecule has 0 radical (unpaired) electrons. The van der Waals surface area contributed by atoms with E-state index in [-0.39, 0.29) is 5.91 Å². The highest BCUT2D eigenvalue weighted by Crippen LogP contribution is 2.32. The lowest BCUT2D eigenvalue weighted by Crippen LogP contribution is -2.46. The molecular weight excluding hydrogens is 396 g/mol. The Kier molecular flexibility index (Phi) is 6.35. The summed E-state index contributed by atoms with van der Waals surface area (Å²) in [6.45, 7) is 8.20. The summed E-state index contributed by atoms with van der Waals surface area (Å²) >= 11 is 1.52. The van der Waals surface area contributed by atoms with Gasteiger partial charge in [-0.15, -0.1) is 11.3 Å². The minimum absolute atomic E-state index is 0.0191. The third-order valence-corrected chi connectivity index (χ3v) is 6.17. The van der Waals surface area contributed by atoms with Crippen LogP contribution in [-0.2, 0) is 17.8 Å². The van der Waals surface area contributed by atoms with Crippen molar-refractivity contribution in [2.45, 2.75) is 26.8 Å². The fourth-order valence-electron chi connectivity index (χ4n) is 3.73. The number of hydrogen-bond acceptors (Lipinski definition) is 7. The number of para-hydroxylation sites is 1. The monoisotopic (exact) mass is 422 g/mol. The second-order valence-electron chi connectivity index (χ2n) is 7.28. The van der Waals surface area contributed by atoms with Crippen molar-refractivity contribution in [3.63, 3.8) is 0 Å². The standard InChI is InChI=1S/C22H26N6OS/c1-3-18-6-4-5-7-20(18)28(17(2)29)22-25-19(16-30-22)15-26-10-12-27(13-11-26)21-14-23-8-9-24-21/h4-9,14,16H,3,10-13,15H2,1-2H3. The summed E-state index contributed by atoms with van der Waals surface area (Å²) in [5.74, 6) is 0.911. The third-order valence-electron chi connectivity index (χ3n) is 5.29. The van der Waals surface area contributed by atoms with Crippen LogP contribution in [0.2, 0.25) is 0 Å². The van der Waals surface area contributed by atoms with Gasteiger partial charge in [0, 0.05) is 57.4 Å². The highest BCUT2D eigenvalue weighted by molar-refractivity contribution is 7.14. The Labute approximate surface area is 181 Å². The van der Waals surface area contributed by atoms with Gasteiger partial charge in [0.15, 0.2) is 5.13 Å². The van der Waals surface area contributed by atoms with Gasteiger partial charge in [-0.2, -0.15) is 0 Å². The highest BCUT2D eigenvalue weighted by Gasteiger charge is 2.22. The summed E-state index contributed by atoms with van der Waals surface area (Å²) in [6.07, 6.45) is 6.11. The molecule has 1 aliphatic heterocycles. The number of anilines is 3. The van der Waals surface area contributed by atoms with Gasteiger partial charge < -0.3 is 4.90 Å². The minimum Gasteiger partial charge on any atom is -0.353 e. The number of carbonyl (C=O) groups excluding carboxylic acids is 1. The molecule has 0 aliphatic carbocycles. The topological polar surface area (TPSA) is 65.5 Å². The number of hydrogen-bond donors (Lipinski definition) is 0. The van der Waals surface area contributed by atoms with Gasteiger partial charge in [-0.3, -0.25) is 19.6 Å². The molecule has 2 aromatic heterocycles. The van der Waals surface area contributed by atoms with Crippen LogP contribution >= 0.6 is 11.3 Å². The molecule has 0 atom stereocenters. The second kappa shape index (κ2) is 9.32. The Hall–Kier alpha value is -2.84. The molecule has 3 aromatic rings. The number of aromatic nitrogens is 3. The molecule has 0 N–H and O–H groups in total. The van der Waals surface area contributed by atoms with Gasteiger partial charge >= 0.3 is 0 Å². The zero-order valence-electron chi connectivity index (χ0n) is 17.4. The first-order valence-corrected chi connectivity index (χ1v) is 11.1. The van der Waals surface area contributed by atoms with Gasteiger partial charge in [0.25, 0.3) is 0 Å². The van der Waals surface area contributed by atoms with Crippen molar-refractivity contribution in [1.29, 1.82) is 0 Å². The fraction of sp³-hybridized carbons (Fsp3) is 0.364. The van der Waals surface area contributed by atoms with E-state index in [2.05, 4.69) is 38.1 Å². The van der Waals surface area contributed by atoms with Crippen LogP contribution in [0.5, 0.6) is 0 Å². The smallest absolute Gasteiger partial charge is 0.230 e. The lowest BCUT2D eigenvalue weighted by atomic mass is 10.1. The summed E-state index contributed by atoms with van der Waals surface area (Å²) in [6, 6.07) is 8.04. The molecular formula is C22H26N6OS. The maximum atomic E-state index is 12.4. The van der Waals surface area contributed by atoms with Crippen molar-refractivity contribution in [3.8, 4) is 0 Å². The summed E-state index contributed by atoms with van der Waals surface area (Å²) in [5, 5.41) is 2.80. The minimum atomic E-state index is -0.0191. The van der Waals surface area contributed by atoms with Crippen LogP contribution < -0.4 is 9.80 Å². The van der Waals surface area contributed by atoms with Gasteiger partial charge in [-0.25, -0.2) is 9.97 Å². The number of nitrogens with zero attached hydrogens (tertiary/aromatic N) is 6. The quantitative estimate of drug-likeness (QED) is 0.606. The van der Waals surface area contributed by atoms with E-state index in [1.807, 2.05) is 24.4 Å². The zero-order valence-corrected chi connectivity index (χ0v) is 18.2. The van der Waals surface area contributed by atoms with Crippen molar-refractivity contribution in [2.24, 2.45) is 0 Å². The van der Waals surface area contributed by atoms with Gasteiger partial charge in [0.05, 0.1) is 17.6 Å². The molecule has 1 amide bonds. The van der Waals surface area contributed by atoms with Gasteiger partial charge in [-0.1, -0.05) is 25.1 Å². The van der Waals surface area contributed by atoms with Crippen LogP contribution in [0.3, 0.4) is 0 Å². The molecule has 1 aromatic carbocycles. The molecule has 1 fully saturated rings. The summed E-state index contributed by atoms with van der Waals surface area (Å²) in [5.41, 5.74) is 3.07. The Balaban J connectivity index is 1.43. The van der Waals surface area contributed by atoms with Gasteiger partial charge in [0.1, 0.15) is 5.82 Å². The van der Waals surface area contributed by atoms with Crippen molar-refractivity contribution in [3.05, 3.63) is 59.5 Å². The average molecular weight is 423 g/mol. The van der Waals surface area contributed by atoms with E-state index in [1.54, 1.807) is 24.2 Å². The maximum Gasteiger partial charge on any atom is 0.230 e. The van der Waals surface area contributed by atoms with Crippen LogP contribution in [0, 0.1) is 0 Å². The molecule has 156 valence electrons. The lowest BCUT2D eigenvalue weighted by Gasteiger charge is -2.34. The Morgan fingerprint density at radius 1 is 1.17 bits per heavy atom. The number of aryl methyl sites for hydroxylation is 1. The zero-order chi connectivity index (χ0) is 20.9. The molecule has 1 aliphatic rings. The third kappa shape index (κ3) is 4.49. The first-order chi connectivity index (χ1) is 14.7. The van der Waals surface area contributed by atoms with E-state index in [0.717, 1.165) is 67.0 Å². The Bertz CT molecular complexity index is 984. The van der Waals surface area contributed by atoms with E-state index in [9.17, 15) is 4.79 Å². The van der Waals surface area contributed by atoms with E-state index in [1.165, 1.54) is 11.3 Å². The largest absolute Gasteiger partial charge is 0.353 e. The molecule has 3 heterocycles. The first kappa shape index (κ1) is 20.4. The number of amides is 1. The van der Waals surface area contributed by atoms with E-state index < -0.39 is 0 Å². The molecule has 1 saturated heterocycles. The predicted molar refractivity (Wildman–Crippen MR) is 120 cm³/mol. The van der Waals surface area contributed by atoms with Crippen molar-refractivity contribution < 1.29 is 4.79 Å². The molecule has 0 unspecified atom stereocenters. The van der Waals surface area contributed by atoms with Gasteiger partial charge in [-0.05, 0) is 18.1 Å². The second-order valence-corrected chi connectivity index (χ2v) is 8.12. The lowest BCUT2D eigenvalue weighted by molar-refractivity contribution is -0.115. The maximum absolute atomic E-state index is 12.4. The normalized spacial score (nSPS) is 14.7. The molecule has 30 heavy (non-hydrogen) atoms. The highest BCUT2D eigenvalue weighted by atomic mass is 32.1. The SMILES string of the molecule is CCc1ccccc1N(C(C)=O)c1nc(CN2CCN(c3cnccn3)CC2)cs1.